The van der Waals surface area contributed by atoms with Crippen LogP contribution in [0.4, 0.5) is 18.0 Å². The summed E-state index contributed by atoms with van der Waals surface area (Å²) in [7, 11) is 0. The highest BCUT2D eigenvalue weighted by Crippen LogP contribution is 2.40. The van der Waals surface area contributed by atoms with Crippen LogP contribution in [0.2, 0.25) is 0 Å². The van der Waals surface area contributed by atoms with Crippen LogP contribution >= 0.6 is 0 Å². The molecule has 1 aromatic heterocycles. The van der Waals surface area contributed by atoms with Crippen LogP contribution in [0.1, 0.15) is 73.6 Å². The van der Waals surface area contributed by atoms with Crippen molar-refractivity contribution in [2.75, 3.05) is 6.54 Å². The highest BCUT2D eigenvalue weighted by molar-refractivity contribution is 5.68. The molecule has 0 spiro atoms. The number of rotatable bonds is 4. The maximum absolute atomic E-state index is 13.7. The molecule has 194 valence electrons. The summed E-state index contributed by atoms with van der Waals surface area (Å²) in [4.78, 5) is 32.8. The summed E-state index contributed by atoms with van der Waals surface area (Å²) in [5.41, 5.74) is 2.28. The second-order valence-corrected chi connectivity index (χ2v) is 10.4. The van der Waals surface area contributed by atoms with Crippen LogP contribution in [0, 0.1) is 18.8 Å². The maximum atomic E-state index is 13.7. The lowest BCUT2D eigenvalue weighted by atomic mass is 9.77. The molecule has 1 amide bonds. The topological polar surface area (TPSA) is 64.4 Å². The summed E-state index contributed by atoms with van der Waals surface area (Å²) < 4.78 is 46.1. The van der Waals surface area contributed by atoms with Gasteiger partial charge in [0.2, 0.25) is 0 Å². The number of fused-ring (bicyclic) bond motifs is 1. The molecule has 2 saturated carbocycles. The first-order valence-corrected chi connectivity index (χ1v) is 12.9. The van der Waals surface area contributed by atoms with Gasteiger partial charge in [-0.2, -0.15) is 13.2 Å². The van der Waals surface area contributed by atoms with Gasteiger partial charge in [-0.1, -0.05) is 36.8 Å². The Morgan fingerprint density at radius 3 is 2.39 bits per heavy atom. The molecule has 2 aliphatic carbocycles. The molecule has 1 aromatic carbocycles. The first-order chi connectivity index (χ1) is 17.2. The summed E-state index contributed by atoms with van der Waals surface area (Å²) in [6.45, 7) is 2.33. The van der Waals surface area contributed by atoms with Crippen LogP contribution in [0.15, 0.2) is 35.1 Å². The second kappa shape index (κ2) is 9.90. The molecular formula is C27H32F3N3O3. The SMILES string of the molecule is Cc1nc2c(c(=O)n1C(c1ccccc1)C1CCC1)CCN(C(=O)O[C@H]1CC[C@@H](C(F)(F)F)CC1)C2. The third-order valence-corrected chi connectivity index (χ3v) is 8.12. The Balaban J connectivity index is 1.31. The molecule has 2 fully saturated rings. The third-order valence-electron chi connectivity index (χ3n) is 8.12. The van der Waals surface area contributed by atoms with E-state index in [1.165, 1.54) is 4.90 Å². The molecule has 1 atom stereocenters. The Morgan fingerprint density at radius 1 is 1.08 bits per heavy atom. The van der Waals surface area contributed by atoms with Gasteiger partial charge in [-0.15, -0.1) is 0 Å². The zero-order valence-electron chi connectivity index (χ0n) is 20.5. The molecule has 0 bridgehead atoms. The smallest absolute Gasteiger partial charge is 0.410 e. The Morgan fingerprint density at radius 2 is 1.78 bits per heavy atom. The lowest BCUT2D eigenvalue weighted by Crippen LogP contribution is -2.44. The molecule has 5 rings (SSSR count). The predicted molar refractivity (Wildman–Crippen MR) is 128 cm³/mol. The molecule has 36 heavy (non-hydrogen) atoms. The summed E-state index contributed by atoms with van der Waals surface area (Å²) in [6, 6.07) is 10.0. The lowest BCUT2D eigenvalue weighted by molar-refractivity contribution is -0.186. The number of benzene rings is 1. The number of hydrogen-bond donors (Lipinski definition) is 0. The summed E-state index contributed by atoms with van der Waals surface area (Å²) in [5, 5.41) is 0. The number of nitrogens with zero attached hydrogens (tertiary/aromatic N) is 3. The summed E-state index contributed by atoms with van der Waals surface area (Å²) in [5.74, 6) is -0.297. The number of halogens is 3. The van der Waals surface area contributed by atoms with Gasteiger partial charge in [0.15, 0.2) is 0 Å². The van der Waals surface area contributed by atoms with E-state index in [4.69, 9.17) is 9.72 Å². The van der Waals surface area contributed by atoms with Gasteiger partial charge in [-0.3, -0.25) is 9.36 Å². The van der Waals surface area contributed by atoms with Crippen molar-refractivity contribution in [3.8, 4) is 0 Å². The Labute approximate surface area is 208 Å². The van der Waals surface area contributed by atoms with Gasteiger partial charge < -0.3 is 9.64 Å². The minimum atomic E-state index is -4.19. The van der Waals surface area contributed by atoms with Crippen LogP contribution in [0.25, 0.3) is 0 Å². The Kier molecular flexibility index (Phi) is 6.83. The number of carbonyl (C=O) groups excluding carboxylic acids is 1. The van der Waals surface area contributed by atoms with Gasteiger partial charge in [0, 0.05) is 12.1 Å². The number of amides is 1. The lowest BCUT2D eigenvalue weighted by Gasteiger charge is -2.37. The van der Waals surface area contributed by atoms with E-state index in [0.717, 1.165) is 24.8 Å². The minimum Gasteiger partial charge on any atom is -0.446 e. The molecule has 1 unspecified atom stereocenters. The molecule has 6 nitrogen and oxygen atoms in total. The highest BCUT2D eigenvalue weighted by Gasteiger charge is 2.42. The molecule has 2 aromatic rings. The van der Waals surface area contributed by atoms with Crippen molar-refractivity contribution >= 4 is 6.09 Å². The third kappa shape index (κ3) is 4.89. The Hall–Kier alpha value is -2.84. The average molecular weight is 504 g/mol. The van der Waals surface area contributed by atoms with Crippen LogP contribution in [0.3, 0.4) is 0 Å². The highest BCUT2D eigenvalue weighted by atomic mass is 19.4. The summed E-state index contributed by atoms with van der Waals surface area (Å²) in [6.07, 6.45) is -1.17. The molecule has 0 N–H and O–H groups in total. The normalized spacial score (nSPS) is 23.5. The van der Waals surface area contributed by atoms with Gasteiger partial charge in [-0.05, 0) is 63.4 Å². The fraction of sp³-hybridized carbons (Fsp3) is 0.593. The van der Waals surface area contributed by atoms with E-state index < -0.39 is 24.3 Å². The van der Waals surface area contributed by atoms with Crippen LogP contribution in [-0.4, -0.2) is 39.4 Å². The van der Waals surface area contributed by atoms with Gasteiger partial charge in [0.05, 0.1) is 24.2 Å². The van der Waals surface area contributed by atoms with E-state index in [2.05, 4.69) is 12.1 Å². The van der Waals surface area contributed by atoms with Gasteiger partial charge in [-0.25, -0.2) is 9.78 Å². The van der Waals surface area contributed by atoms with Crippen molar-refractivity contribution in [3.05, 3.63) is 63.3 Å². The zero-order chi connectivity index (χ0) is 25.4. The van der Waals surface area contributed by atoms with Crippen molar-refractivity contribution in [1.29, 1.82) is 0 Å². The number of alkyl halides is 3. The molecule has 2 heterocycles. The van der Waals surface area contributed by atoms with Crippen LogP contribution < -0.4 is 5.56 Å². The minimum absolute atomic E-state index is 0.0197. The standard InChI is InChI=1S/C27H32F3N3O3/c1-17-31-23-16-32(26(35)36-21-12-10-20(11-13-21)27(28,29)30)15-14-22(23)25(34)33(17)24(19-8-5-9-19)18-6-3-2-4-7-18/h2-4,6-7,19-21,24H,5,8-16H2,1H3/t20-,21+,24?. The molecular weight excluding hydrogens is 471 g/mol. The van der Waals surface area contributed by atoms with Crippen molar-refractivity contribution in [2.24, 2.45) is 11.8 Å². The number of aryl methyl sites for hydroxylation is 1. The quantitative estimate of drug-likeness (QED) is 0.548. The largest absolute Gasteiger partial charge is 0.446 e. The van der Waals surface area contributed by atoms with E-state index >= 15 is 0 Å². The zero-order valence-corrected chi connectivity index (χ0v) is 20.5. The predicted octanol–water partition coefficient (Wildman–Crippen LogP) is 5.56. The summed E-state index contributed by atoms with van der Waals surface area (Å²) >= 11 is 0. The van der Waals surface area contributed by atoms with Gasteiger partial charge in [0.1, 0.15) is 11.9 Å². The van der Waals surface area contributed by atoms with Crippen molar-refractivity contribution < 1.29 is 22.7 Å². The first kappa shape index (κ1) is 24.8. The van der Waals surface area contributed by atoms with E-state index in [1.54, 1.807) is 0 Å². The van der Waals surface area contributed by atoms with Gasteiger partial charge >= 0.3 is 12.3 Å². The fourth-order valence-electron chi connectivity index (χ4n) is 5.87. The average Bonchev–Trinajstić information content (AvgIpc) is 2.82. The maximum Gasteiger partial charge on any atom is 0.410 e. The van der Waals surface area contributed by atoms with Crippen molar-refractivity contribution in [1.82, 2.24) is 14.5 Å². The Bertz CT molecular complexity index is 1150. The van der Waals surface area contributed by atoms with Crippen LogP contribution in [0.5, 0.6) is 0 Å². The molecule has 1 aliphatic heterocycles. The number of aromatic nitrogens is 2. The second-order valence-electron chi connectivity index (χ2n) is 10.4. The van der Waals surface area contributed by atoms with Crippen molar-refractivity contribution in [3.63, 3.8) is 0 Å². The van der Waals surface area contributed by atoms with E-state index in [-0.39, 0.29) is 43.8 Å². The first-order valence-electron chi connectivity index (χ1n) is 12.9. The fourth-order valence-corrected chi connectivity index (χ4v) is 5.87. The van der Waals surface area contributed by atoms with Crippen molar-refractivity contribution in [2.45, 2.75) is 83.2 Å². The van der Waals surface area contributed by atoms with E-state index in [9.17, 15) is 22.8 Å². The van der Waals surface area contributed by atoms with Crippen LogP contribution in [-0.2, 0) is 17.7 Å². The number of hydrogen-bond acceptors (Lipinski definition) is 4. The van der Waals surface area contributed by atoms with E-state index in [1.807, 2.05) is 29.7 Å². The van der Waals surface area contributed by atoms with E-state index in [0.29, 0.717) is 36.0 Å². The molecule has 0 radical (unpaired) electrons. The molecule has 3 aliphatic rings. The molecule has 0 saturated heterocycles. The number of carbonyl (C=O) groups is 1. The monoisotopic (exact) mass is 503 g/mol. The van der Waals surface area contributed by atoms with Gasteiger partial charge in [0.25, 0.3) is 5.56 Å². The molecule has 9 heteroatoms. The number of ether oxygens (including phenoxy) is 1.